The number of nitrogens with two attached hydrogens (primary N) is 1. The number of benzene rings is 1. The Bertz CT molecular complexity index is 350. The Balaban J connectivity index is 3.00. The molecule has 0 aliphatic heterocycles. The number of hydrogen-bond acceptors (Lipinski definition) is 4. The third-order valence-corrected chi connectivity index (χ3v) is 1.93. The van der Waals surface area contributed by atoms with Crippen molar-refractivity contribution in [1.82, 2.24) is 0 Å². The second kappa shape index (κ2) is 5.36. The van der Waals surface area contributed by atoms with Gasteiger partial charge < -0.3 is 15.2 Å². The molecule has 0 aliphatic rings. The largest absolute Gasteiger partial charge is 0.462 e. The highest BCUT2D eigenvalue weighted by atomic mass is 16.5. The molecule has 0 bridgehead atoms. The van der Waals surface area contributed by atoms with Crippen LogP contribution in [0.3, 0.4) is 0 Å². The van der Waals surface area contributed by atoms with Crippen LogP contribution < -0.4 is 5.73 Å². The minimum absolute atomic E-state index is 0.347. The van der Waals surface area contributed by atoms with Crippen LogP contribution in [0.2, 0.25) is 0 Å². The van der Waals surface area contributed by atoms with Crippen molar-refractivity contribution < 1.29 is 14.3 Å². The smallest absolute Gasteiger partial charge is 0.338 e. The number of carbonyl (C=O) groups is 1. The van der Waals surface area contributed by atoms with E-state index in [1.165, 1.54) is 0 Å². The van der Waals surface area contributed by atoms with Gasteiger partial charge >= 0.3 is 5.97 Å². The Hall–Kier alpha value is -1.55. The summed E-state index contributed by atoms with van der Waals surface area (Å²) in [5, 5.41) is 0. The third kappa shape index (κ3) is 2.95. The lowest BCUT2D eigenvalue weighted by Crippen LogP contribution is -2.09. The summed E-state index contributed by atoms with van der Waals surface area (Å²) in [5.74, 6) is -0.364. The summed E-state index contributed by atoms with van der Waals surface area (Å²) in [6, 6.07) is 5.11. The molecule has 1 aromatic carbocycles. The van der Waals surface area contributed by atoms with E-state index < -0.39 is 0 Å². The van der Waals surface area contributed by atoms with Crippen molar-refractivity contribution in [2.75, 3.05) is 19.5 Å². The molecule has 0 unspecified atom stereocenters. The van der Waals surface area contributed by atoms with Gasteiger partial charge in [0.05, 0.1) is 18.8 Å². The number of hydrogen-bond donors (Lipinski definition) is 1. The molecule has 1 rings (SSSR count). The molecule has 4 heteroatoms. The molecule has 0 amide bonds. The molecule has 0 fully saturated rings. The lowest BCUT2D eigenvalue weighted by Gasteiger charge is -2.08. The first-order chi connectivity index (χ1) is 7.19. The van der Waals surface area contributed by atoms with Gasteiger partial charge in [-0.25, -0.2) is 4.79 Å². The molecule has 82 valence electrons. The molecule has 4 nitrogen and oxygen atoms in total. The number of carbonyl (C=O) groups excluding carboxylic acids is 1. The van der Waals surface area contributed by atoms with E-state index in [0.29, 0.717) is 24.5 Å². The van der Waals surface area contributed by atoms with Crippen molar-refractivity contribution in [3.05, 3.63) is 29.3 Å². The lowest BCUT2D eigenvalue weighted by atomic mass is 10.1. The second-order valence-corrected chi connectivity index (χ2v) is 3.07. The maximum Gasteiger partial charge on any atom is 0.338 e. The molecular formula is C11H15NO3. The molecule has 15 heavy (non-hydrogen) atoms. The predicted molar refractivity (Wildman–Crippen MR) is 57.5 cm³/mol. The van der Waals surface area contributed by atoms with Gasteiger partial charge in [-0.1, -0.05) is 6.07 Å². The number of nitrogen functional groups attached to an aromatic ring is 1. The standard InChI is InChI=1S/C11H15NO3/c1-3-15-11(13)10-6-9(12)5-4-8(10)7-14-2/h4-6H,3,7,12H2,1-2H3. The fraction of sp³-hybridized carbons (Fsp3) is 0.364. The van der Waals surface area contributed by atoms with Crippen molar-refractivity contribution in [2.24, 2.45) is 0 Å². The van der Waals surface area contributed by atoms with Crippen LogP contribution in [-0.4, -0.2) is 19.7 Å². The minimum Gasteiger partial charge on any atom is -0.462 e. The Labute approximate surface area is 89.0 Å². The molecular weight excluding hydrogens is 194 g/mol. The maximum atomic E-state index is 11.6. The van der Waals surface area contributed by atoms with Gasteiger partial charge in [0, 0.05) is 12.8 Å². The highest BCUT2D eigenvalue weighted by Gasteiger charge is 2.12. The number of esters is 1. The Morgan fingerprint density at radius 2 is 2.20 bits per heavy atom. The summed E-state index contributed by atoms with van der Waals surface area (Å²) in [6.45, 7) is 2.48. The van der Waals surface area contributed by atoms with Gasteiger partial charge in [0.25, 0.3) is 0 Å². The van der Waals surface area contributed by atoms with Crippen LogP contribution in [-0.2, 0) is 16.1 Å². The van der Waals surface area contributed by atoms with Gasteiger partial charge in [0.1, 0.15) is 0 Å². The lowest BCUT2D eigenvalue weighted by molar-refractivity contribution is 0.0521. The van der Waals surface area contributed by atoms with E-state index in [4.69, 9.17) is 15.2 Å². The topological polar surface area (TPSA) is 61.5 Å². The van der Waals surface area contributed by atoms with Gasteiger partial charge in [-0.15, -0.1) is 0 Å². The summed E-state index contributed by atoms with van der Waals surface area (Å²) in [5.41, 5.74) is 7.40. The number of ether oxygens (including phenoxy) is 2. The molecule has 2 N–H and O–H groups in total. The van der Waals surface area contributed by atoms with Crippen LogP contribution >= 0.6 is 0 Å². The van der Waals surface area contributed by atoms with Gasteiger partial charge in [0.2, 0.25) is 0 Å². The molecule has 0 atom stereocenters. The van der Waals surface area contributed by atoms with Crippen LogP contribution in [0.4, 0.5) is 5.69 Å². The Kier molecular flexibility index (Phi) is 4.12. The van der Waals surface area contributed by atoms with Crippen molar-refractivity contribution in [3.63, 3.8) is 0 Å². The molecule has 0 aromatic heterocycles. The van der Waals surface area contributed by atoms with E-state index in [1.54, 1.807) is 32.2 Å². The summed E-state index contributed by atoms with van der Waals surface area (Å²) in [7, 11) is 1.57. The average molecular weight is 209 g/mol. The van der Waals surface area contributed by atoms with E-state index in [1.807, 2.05) is 0 Å². The fourth-order valence-electron chi connectivity index (χ4n) is 1.27. The SMILES string of the molecule is CCOC(=O)c1cc(N)ccc1COC. The van der Waals surface area contributed by atoms with Crippen LogP contribution in [0, 0.1) is 0 Å². The van der Waals surface area contributed by atoms with Gasteiger partial charge in [-0.05, 0) is 24.6 Å². The van der Waals surface area contributed by atoms with Crippen LogP contribution in [0.1, 0.15) is 22.8 Å². The normalized spacial score (nSPS) is 10.0. The summed E-state index contributed by atoms with van der Waals surface area (Å²) < 4.78 is 9.91. The first-order valence-electron chi connectivity index (χ1n) is 4.73. The summed E-state index contributed by atoms with van der Waals surface area (Å²) in [4.78, 5) is 11.6. The molecule has 0 heterocycles. The molecule has 0 saturated heterocycles. The molecule has 0 aliphatic carbocycles. The molecule has 0 spiro atoms. The number of rotatable bonds is 4. The average Bonchev–Trinajstić information content (AvgIpc) is 2.21. The fourth-order valence-corrected chi connectivity index (χ4v) is 1.27. The quantitative estimate of drug-likeness (QED) is 0.604. The van der Waals surface area contributed by atoms with E-state index in [2.05, 4.69) is 0 Å². The second-order valence-electron chi connectivity index (χ2n) is 3.07. The number of anilines is 1. The van der Waals surface area contributed by atoms with Crippen molar-refractivity contribution >= 4 is 11.7 Å². The highest BCUT2D eigenvalue weighted by Crippen LogP contribution is 2.15. The number of methoxy groups -OCH3 is 1. The summed E-state index contributed by atoms with van der Waals surface area (Å²) >= 11 is 0. The third-order valence-electron chi connectivity index (χ3n) is 1.93. The Morgan fingerprint density at radius 3 is 2.80 bits per heavy atom. The zero-order valence-corrected chi connectivity index (χ0v) is 8.95. The van der Waals surface area contributed by atoms with Gasteiger partial charge in [0.15, 0.2) is 0 Å². The summed E-state index contributed by atoms with van der Waals surface area (Å²) in [6.07, 6.45) is 0. The predicted octanol–water partition coefficient (Wildman–Crippen LogP) is 1.59. The van der Waals surface area contributed by atoms with E-state index >= 15 is 0 Å². The first-order valence-corrected chi connectivity index (χ1v) is 4.73. The van der Waals surface area contributed by atoms with Crippen LogP contribution in [0.25, 0.3) is 0 Å². The highest BCUT2D eigenvalue weighted by molar-refractivity contribution is 5.92. The molecule has 0 saturated carbocycles. The maximum absolute atomic E-state index is 11.6. The van der Waals surface area contributed by atoms with Crippen LogP contribution in [0.15, 0.2) is 18.2 Å². The van der Waals surface area contributed by atoms with E-state index in [0.717, 1.165) is 5.56 Å². The minimum atomic E-state index is -0.364. The zero-order valence-electron chi connectivity index (χ0n) is 8.95. The van der Waals surface area contributed by atoms with Gasteiger partial charge in [-0.2, -0.15) is 0 Å². The van der Waals surface area contributed by atoms with Crippen molar-refractivity contribution in [1.29, 1.82) is 0 Å². The van der Waals surface area contributed by atoms with Crippen molar-refractivity contribution in [2.45, 2.75) is 13.5 Å². The van der Waals surface area contributed by atoms with E-state index in [-0.39, 0.29) is 5.97 Å². The Morgan fingerprint density at radius 1 is 1.47 bits per heavy atom. The first kappa shape index (κ1) is 11.5. The van der Waals surface area contributed by atoms with E-state index in [9.17, 15) is 4.79 Å². The monoisotopic (exact) mass is 209 g/mol. The zero-order chi connectivity index (χ0) is 11.3. The molecule has 1 aromatic rings. The van der Waals surface area contributed by atoms with Crippen molar-refractivity contribution in [3.8, 4) is 0 Å². The molecule has 0 radical (unpaired) electrons. The van der Waals surface area contributed by atoms with Crippen LogP contribution in [0.5, 0.6) is 0 Å². The van der Waals surface area contributed by atoms with Gasteiger partial charge in [-0.3, -0.25) is 0 Å².